The van der Waals surface area contributed by atoms with Crippen molar-refractivity contribution in [2.24, 2.45) is 0 Å². The van der Waals surface area contributed by atoms with E-state index in [1.807, 2.05) is 96.9 Å². The molecule has 0 aliphatic carbocycles. The third kappa shape index (κ3) is 19.6. The Bertz CT molecular complexity index is 375. The largest absolute Gasteiger partial charge is 0.680 e. The van der Waals surface area contributed by atoms with Crippen molar-refractivity contribution in [3.63, 3.8) is 0 Å². The summed E-state index contributed by atoms with van der Waals surface area (Å²) in [4.78, 5) is 0. The van der Waals surface area contributed by atoms with Crippen molar-refractivity contribution in [1.82, 2.24) is 0 Å². The Labute approximate surface area is 198 Å². The maximum atomic E-state index is 6.20. The van der Waals surface area contributed by atoms with Crippen LogP contribution in [-0.4, -0.2) is 59.9 Å². The van der Waals surface area contributed by atoms with Crippen LogP contribution in [0.15, 0.2) is 0 Å². The Kier molecular flexibility index (Phi) is 17.5. The molecule has 0 aromatic heterocycles. The Hall–Kier alpha value is 0.444. The predicted octanol–water partition coefficient (Wildman–Crippen LogP) is 6.06. The van der Waals surface area contributed by atoms with Gasteiger partial charge in [-0.05, 0) is 96.9 Å². The molecule has 0 saturated heterocycles. The third-order valence-electron chi connectivity index (χ3n) is 2.65. The first kappa shape index (κ1) is 33.6. The highest BCUT2D eigenvalue weighted by molar-refractivity contribution is 7.09. The summed E-state index contributed by atoms with van der Waals surface area (Å²) < 4.78 is 39.9. The summed E-state index contributed by atoms with van der Waals surface area (Å²) in [5.74, 6) is 0. The zero-order valence-corrected chi connectivity index (χ0v) is 25.0. The molecule has 0 atom stereocenters. The molecule has 0 rings (SSSR count). The molecule has 190 valence electrons. The maximum Gasteiger partial charge on any atom is 0.680 e. The van der Waals surface area contributed by atoms with Crippen LogP contribution < -0.4 is 0 Å². The second-order valence-electron chi connectivity index (χ2n) is 9.15. The van der Waals surface area contributed by atoms with Crippen LogP contribution in [-0.2, 0) is 31.0 Å². The van der Waals surface area contributed by atoms with Crippen molar-refractivity contribution in [1.29, 1.82) is 0 Å². The molecule has 0 saturated carbocycles. The number of hydrogen-bond donors (Lipinski definition) is 0. The van der Waals surface area contributed by atoms with Crippen LogP contribution in [0, 0.1) is 0 Å². The molecule has 0 N–H and O–H groups in total. The lowest BCUT2D eigenvalue weighted by Gasteiger charge is -2.33. The maximum absolute atomic E-state index is 6.20. The molecular weight excluding hydrogens is 456 g/mol. The lowest BCUT2D eigenvalue weighted by molar-refractivity contribution is -0.0858. The van der Waals surface area contributed by atoms with Gasteiger partial charge < -0.3 is 31.0 Å². The van der Waals surface area contributed by atoms with Gasteiger partial charge in [0.05, 0.1) is 0 Å². The molecule has 0 unspecified atom stereocenters. The van der Waals surface area contributed by atoms with Gasteiger partial charge in [-0.3, -0.25) is 0 Å². The fourth-order valence-corrected chi connectivity index (χ4v) is 8.35. The first-order chi connectivity index (χ1) is 13.9. The Morgan fingerprint density at radius 1 is 0.355 bits per heavy atom. The normalized spacial score (nSPS) is 13.4. The zero-order valence-electron chi connectivity index (χ0n) is 22.3. The van der Waals surface area contributed by atoms with E-state index in [4.69, 9.17) is 42.1 Å². The van der Waals surface area contributed by atoms with E-state index >= 15 is 0 Å². The van der Waals surface area contributed by atoms with Crippen LogP contribution in [0.1, 0.15) is 96.9 Å². The van der Waals surface area contributed by atoms with Crippen molar-refractivity contribution in [2.75, 3.05) is 0 Å². The first-order valence-electron chi connectivity index (χ1n) is 11.4. The summed E-state index contributed by atoms with van der Waals surface area (Å²) in [5, 5.41) is 0. The van der Waals surface area contributed by atoms with Crippen LogP contribution in [0.2, 0.25) is 0 Å². The van der Waals surface area contributed by atoms with Crippen molar-refractivity contribution < 1.29 is 31.0 Å². The summed E-state index contributed by atoms with van der Waals surface area (Å²) in [6, 6.07) is 0. The van der Waals surface area contributed by atoms with Crippen LogP contribution >= 0.6 is 11.1 Å². The third-order valence-corrected chi connectivity index (χ3v) is 8.75. The molecule has 31 heavy (non-hydrogen) atoms. The average Bonchev–Trinajstić information content (AvgIpc) is 2.39. The number of rotatable bonds is 14. The summed E-state index contributed by atoms with van der Waals surface area (Å²) in [5.41, 5.74) is 0. The average molecular weight is 505 g/mol. The standard InChI is InChI=1S/C12H28O4Si.C9H21ClO3Si/c1-9(2)13-17(14-10(3)4,15-11(5)6)16-12(7)8;1-7(2)11-14(10,12-8(3)4)13-9(5)6/h9-12H,1-8H3;7-9H,1-6H3. The van der Waals surface area contributed by atoms with Gasteiger partial charge in [-0.15, -0.1) is 0 Å². The van der Waals surface area contributed by atoms with E-state index in [1.54, 1.807) is 0 Å². The highest BCUT2D eigenvalue weighted by Crippen LogP contribution is 2.22. The van der Waals surface area contributed by atoms with Crippen molar-refractivity contribution in [2.45, 2.75) is 140 Å². The monoisotopic (exact) mass is 504 g/mol. The fraction of sp³-hybridized carbons (Fsp3) is 1.00. The van der Waals surface area contributed by atoms with E-state index in [0.717, 1.165) is 0 Å². The first-order valence-corrected chi connectivity index (χ1v) is 15.7. The van der Waals surface area contributed by atoms with E-state index in [9.17, 15) is 0 Å². The van der Waals surface area contributed by atoms with Gasteiger partial charge in [0.2, 0.25) is 0 Å². The van der Waals surface area contributed by atoms with E-state index in [2.05, 4.69) is 0 Å². The smallest absolute Gasteiger partial charge is 0.359 e. The summed E-state index contributed by atoms with van der Waals surface area (Å²) in [7, 11) is -6.01. The highest BCUT2D eigenvalue weighted by Gasteiger charge is 2.49. The van der Waals surface area contributed by atoms with Gasteiger partial charge in [0.1, 0.15) is 0 Å². The molecule has 0 amide bonds. The lowest BCUT2D eigenvalue weighted by atomic mass is 10.5. The van der Waals surface area contributed by atoms with E-state index in [1.165, 1.54) is 0 Å². The van der Waals surface area contributed by atoms with Crippen molar-refractivity contribution in [3.05, 3.63) is 0 Å². The molecule has 0 aromatic rings. The Morgan fingerprint density at radius 3 is 0.645 bits per heavy atom. The quantitative estimate of drug-likeness (QED) is 0.210. The van der Waals surface area contributed by atoms with E-state index in [-0.39, 0.29) is 42.7 Å². The molecule has 0 spiro atoms. The zero-order chi connectivity index (χ0) is 25.0. The molecule has 7 nitrogen and oxygen atoms in total. The molecule has 0 aliphatic heterocycles. The van der Waals surface area contributed by atoms with E-state index < -0.39 is 17.2 Å². The SMILES string of the molecule is CC(C)O[Si](Cl)(OC(C)C)OC(C)C.CC(C)O[Si](OC(C)C)(OC(C)C)OC(C)C. The van der Waals surface area contributed by atoms with Gasteiger partial charge in [0, 0.05) is 42.7 Å². The molecule has 0 fully saturated rings. The molecular formula is C21H49ClO7Si2. The van der Waals surface area contributed by atoms with Crippen molar-refractivity contribution in [3.8, 4) is 0 Å². The Morgan fingerprint density at radius 2 is 0.516 bits per heavy atom. The van der Waals surface area contributed by atoms with Crippen LogP contribution in [0.25, 0.3) is 0 Å². The molecule has 0 aromatic carbocycles. The second-order valence-corrected chi connectivity index (χ2v) is 14.1. The molecule has 10 heteroatoms. The molecule has 0 bridgehead atoms. The van der Waals surface area contributed by atoms with Gasteiger partial charge in [0.25, 0.3) is 0 Å². The fourth-order valence-electron chi connectivity index (χ4n) is 2.25. The molecule has 0 radical (unpaired) electrons. The van der Waals surface area contributed by atoms with Crippen molar-refractivity contribution >= 4 is 28.2 Å². The Balaban J connectivity index is 0. The van der Waals surface area contributed by atoms with E-state index in [0.29, 0.717) is 0 Å². The topological polar surface area (TPSA) is 64.6 Å². The van der Waals surface area contributed by atoms with Gasteiger partial charge in [-0.25, -0.2) is 0 Å². The van der Waals surface area contributed by atoms with Gasteiger partial charge >= 0.3 is 17.2 Å². The minimum atomic E-state index is -3.05. The minimum absolute atomic E-state index is 0.0108. The predicted molar refractivity (Wildman–Crippen MR) is 131 cm³/mol. The van der Waals surface area contributed by atoms with Crippen LogP contribution in [0.4, 0.5) is 0 Å². The number of hydrogen-bond acceptors (Lipinski definition) is 7. The lowest BCUT2D eigenvalue weighted by Crippen LogP contribution is -2.54. The molecule has 0 aliphatic rings. The molecule has 0 heterocycles. The van der Waals surface area contributed by atoms with Gasteiger partial charge in [0.15, 0.2) is 0 Å². The summed E-state index contributed by atoms with van der Waals surface area (Å²) >= 11 is 6.20. The minimum Gasteiger partial charge on any atom is -0.359 e. The van der Waals surface area contributed by atoms with Crippen LogP contribution in [0.5, 0.6) is 0 Å². The number of halogens is 1. The van der Waals surface area contributed by atoms with Gasteiger partial charge in [-0.1, -0.05) is 11.1 Å². The summed E-state index contributed by atoms with van der Waals surface area (Å²) in [6.45, 7) is 27.1. The highest BCUT2D eigenvalue weighted by atomic mass is 35.6. The van der Waals surface area contributed by atoms with Crippen LogP contribution in [0.3, 0.4) is 0 Å². The second kappa shape index (κ2) is 16.1. The summed E-state index contributed by atoms with van der Waals surface area (Å²) in [6.07, 6.45) is 0.0802. The van der Waals surface area contributed by atoms with Gasteiger partial charge in [-0.2, -0.15) is 0 Å².